The Morgan fingerprint density at radius 2 is 1.95 bits per heavy atom. The number of carbonyl (C=O) groups excluding carboxylic acids is 1. The maximum absolute atomic E-state index is 11.7. The molecule has 1 fully saturated rings. The number of urea groups is 1. The molecule has 6 heteroatoms. The lowest BCUT2D eigenvalue weighted by Gasteiger charge is -2.40. The second-order valence-electron chi connectivity index (χ2n) is 5.97. The van der Waals surface area contributed by atoms with Crippen molar-refractivity contribution in [3.63, 3.8) is 0 Å². The monoisotopic (exact) mass is 286 g/mol. The lowest BCUT2D eigenvalue weighted by Crippen LogP contribution is -2.52. The highest BCUT2D eigenvalue weighted by molar-refractivity contribution is 5.75. The molecule has 0 aromatic rings. The molecule has 1 aliphatic rings. The molecular formula is C14H26N2O4. The van der Waals surface area contributed by atoms with Crippen LogP contribution in [0.4, 0.5) is 4.79 Å². The topological polar surface area (TPSA) is 87.7 Å². The first kappa shape index (κ1) is 16.8. The van der Waals surface area contributed by atoms with Crippen LogP contribution in [0.15, 0.2) is 0 Å². The zero-order chi connectivity index (χ0) is 15.2. The zero-order valence-corrected chi connectivity index (χ0v) is 12.6. The number of nitrogens with one attached hydrogen (secondary N) is 2. The summed E-state index contributed by atoms with van der Waals surface area (Å²) < 4.78 is 5.40. The summed E-state index contributed by atoms with van der Waals surface area (Å²) in [6, 6.07) is -0.330. The number of aliphatic carboxylic acids is 1. The van der Waals surface area contributed by atoms with Crippen LogP contribution < -0.4 is 10.6 Å². The highest BCUT2D eigenvalue weighted by Gasteiger charge is 2.37. The molecule has 0 aromatic heterocycles. The first-order valence-electron chi connectivity index (χ1n) is 7.18. The molecule has 2 amide bonds. The Bertz CT molecular complexity index is 335. The van der Waals surface area contributed by atoms with E-state index in [2.05, 4.69) is 10.6 Å². The molecule has 1 saturated carbocycles. The van der Waals surface area contributed by atoms with E-state index in [1.807, 2.05) is 13.8 Å². The Balaban J connectivity index is 2.29. The first-order valence-corrected chi connectivity index (χ1v) is 7.18. The maximum Gasteiger partial charge on any atom is 0.314 e. The van der Waals surface area contributed by atoms with Gasteiger partial charge in [-0.25, -0.2) is 4.79 Å². The lowest BCUT2D eigenvalue weighted by atomic mass is 9.80. The minimum absolute atomic E-state index is 0.152. The van der Waals surface area contributed by atoms with Gasteiger partial charge >= 0.3 is 12.0 Å². The summed E-state index contributed by atoms with van der Waals surface area (Å²) in [6.45, 7) is 4.56. The van der Waals surface area contributed by atoms with Crippen molar-refractivity contribution in [3.8, 4) is 0 Å². The van der Waals surface area contributed by atoms with Crippen molar-refractivity contribution in [2.75, 3.05) is 20.2 Å². The molecule has 1 aliphatic carbocycles. The number of hydrogen-bond acceptors (Lipinski definition) is 3. The lowest BCUT2D eigenvalue weighted by molar-refractivity contribution is -0.142. The van der Waals surface area contributed by atoms with Gasteiger partial charge < -0.3 is 20.5 Å². The molecule has 0 bridgehead atoms. The number of hydrogen-bond donors (Lipinski definition) is 3. The molecule has 6 nitrogen and oxygen atoms in total. The molecule has 0 heterocycles. The van der Waals surface area contributed by atoms with E-state index in [1.165, 1.54) is 0 Å². The number of carbonyl (C=O) groups is 2. The SMILES string of the molecule is COC1(CNC(=O)NCC(CC(C)C)C(=O)O)CCC1. The molecule has 0 aromatic carbocycles. The predicted molar refractivity (Wildman–Crippen MR) is 75.6 cm³/mol. The molecule has 0 saturated heterocycles. The van der Waals surface area contributed by atoms with Crippen LogP contribution in [0.25, 0.3) is 0 Å². The Kier molecular flexibility index (Phi) is 6.26. The summed E-state index contributed by atoms with van der Waals surface area (Å²) in [5.74, 6) is -1.13. The number of rotatable bonds is 8. The molecule has 1 atom stereocenters. The number of carboxylic acid groups (broad SMARTS) is 1. The van der Waals surface area contributed by atoms with Crippen molar-refractivity contribution in [1.82, 2.24) is 10.6 Å². The van der Waals surface area contributed by atoms with Crippen molar-refractivity contribution >= 4 is 12.0 Å². The summed E-state index contributed by atoms with van der Waals surface area (Å²) in [7, 11) is 1.65. The molecule has 116 valence electrons. The van der Waals surface area contributed by atoms with Gasteiger partial charge in [-0.2, -0.15) is 0 Å². The van der Waals surface area contributed by atoms with E-state index in [0.29, 0.717) is 13.0 Å². The second-order valence-corrected chi connectivity index (χ2v) is 5.97. The Labute approximate surface area is 120 Å². The third-order valence-corrected chi connectivity index (χ3v) is 3.88. The molecule has 0 spiro atoms. The molecule has 3 N–H and O–H groups in total. The summed E-state index contributed by atoms with van der Waals surface area (Å²) in [5.41, 5.74) is -0.221. The van der Waals surface area contributed by atoms with Crippen LogP contribution in [-0.2, 0) is 9.53 Å². The minimum atomic E-state index is -0.869. The van der Waals surface area contributed by atoms with Gasteiger partial charge in [-0.05, 0) is 31.6 Å². The van der Waals surface area contributed by atoms with E-state index in [-0.39, 0.29) is 24.1 Å². The van der Waals surface area contributed by atoms with E-state index < -0.39 is 11.9 Å². The Morgan fingerprint density at radius 3 is 2.35 bits per heavy atom. The quantitative estimate of drug-likeness (QED) is 0.632. The zero-order valence-electron chi connectivity index (χ0n) is 12.6. The highest BCUT2D eigenvalue weighted by Crippen LogP contribution is 2.34. The fraction of sp³-hybridized carbons (Fsp3) is 0.857. The maximum atomic E-state index is 11.7. The van der Waals surface area contributed by atoms with E-state index in [1.54, 1.807) is 7.11 Å². The third kappa shape index (κ3) is 5.00. The third-order valence-electron chi connectivity index (χ3n) is 3.88. The summed E-state index contributed by atoms with van der Waals surface area (Å²) in [6.07, 6.45) is 3.58. The van der Waals surface area contributed by atoms with Gasteiger partial charge in [-0.1, -0.05) is 13.8 Å². The van der Waals surface area contributed by atoms with Gasteiger partial charge in [0.1, 0.15) is 0 Å². The van der Waals surface area contributed by atoms with Crippen molar-refractivity contribution in [3.05, 3.63) is 0 Å². The number of amides is 2. The van der Waals surface area contributed by atoms with Gasteiger partial charge in [0.2, 0.25) is 0 Å². The van der Waals surface area contributed by atoms with Gasteiger partial charge in [0.15, 0.2) is 0 Å². The fourth-order valence-electron chi connectivity index (χ4n) is 2.38. The molecule has 0 radical (unpaired) electrons. The van der Waals surface area contributed by atoms with Crippen molar-refractivity contribution in [1.29, 1.82) is 0 Å². The normalized spacial score (nSPS) is 18.2. The Morgan fingerprint density at radius 1 is 1.30 bits per heavy atom. The van der Waals surface area contributed by atoms with Gasteiger partial charge in [-0.15, -0.1) is 0 Å². The summed E-state index contributed by atoms with van der Waals surface area (Å²) in [5, 5.41) is 14.5. The van der Waals surface area contributed by atoms with Gasteiger partial charge in [0, 0.05) is 20.2 Å². The molecule has 0 aliphatic heterocycles. The van der Waals surface area contributed by atoms with Gasteiger partial charge in [0.25, 0.3) is 0 Å². The second kappa shape index (κ2) is 7.47. The van der Waals surface area contributed by atoms with Crippen molar-refractivity contribution < 1.29 is 19.4 Å². The molecule has 20 heavy (non-hydrogen) atoms. The fourth-order valence-corrected chi connectivity index (χ4v) is 2.38. The van der Waals surface area contributed by atoms with E-state index in [9.17, 15) is 9.59 Å². The van der Waals surface area contributed by atoms with Crippen LogP contribution in [0.2, 0.25) is 0 Å². The average Bonchev–Trinajstić information content (AvgIpc) is 2.33. The van der Waals surface area contributed by atoms with Crippen LogP contribution in [-0.4, -0.2) is 42.9 Å². The number of methoxy groups -OCH3 is 1. The van der Waals surface area contributed by atoms with Crippen molar-refractivity contribution in [2.45, 2.75) is 45.1 Å². The van der Waals surface area contributed by atoms with E-state index in [4.69, 9.17) is 9.84 Å². The van der Waals surface area contributed by atoms with Crippen LogP contribution in [0, 0.1) is 11.8 Å². The molecular weight excluding hydrogens is 260 g/mol. The van der Waals surface area contributed by atoms with Gasteiger partial charge in [-0.3, -0.25) is 4.79 Å². The van der Waals surface area contributed by atoms with Crippen LogP contribution in [0.5, 0.6) is 0 Å². The van der Waals surface area contributed by atoms with E-state index >= 15 is 0 Å². The van der Waals surface area contributed by atoms with Gasteiger partial charge in [0.05, 0.1) is 11.5 Å². The first-order chi connectivity index (χ1) is 9.38. The molecule has 1 unspecified atom stereocenters. The van der Waals surface area contributed by atoms with Crippen LogP contribution in [0.1, 0.15) is 39.5 Å². The average molecular weight is 286 g/mol. The smallest absolute Gasteiger partial charge is 0.314 e. The molecule has 1 rings (SSSR count). The van der Waals surface area contributed by atoms with E-state index in [0.717, 1.165) is 19.3 Å². The largest absolute Gasteiger partial charge is 0.481 e. The Hall–Kier alpha value is -1.30. The van der Waals surface area contributed by atoms with Crippen molar-refractivity contribution in [2.24, 2.45) is 11.8 Å². The highest BCUT2D eigenvalue weighted by atomic mass is 16.5. The minimum Gasteiger partial charge on any atom is -0.481 e. The van der Waals surface area contributed by atoms with Crippen LogP contribution in [0.3, 0.4) is 0 Å². The standard InChI is InChI=1S/C14H26N2O4/c1-10(2)7-11(12(17)18)8-15-13(19)16-9-14(20-3)5-4-6-14/h10-11H,4-9H2,1-3H3,(H,17,18)(H2,15,16,19). The predicted octanol–water partition coefficient (Wildman–Crippen LogP) is 1.60. The number of ether oxygens (including phenoxy) is 1. The van der Waals surface area contributed by atoms with Crippen LogP contribution >= 0.6 is 0 Å². The summed E-state index contributed by atoms with van der Waals surface area (Å²) in [4.78, 5) is 22.8. The summed E-state index contributed by atoms with van der Waals surface area (Å²) >= 11 is 0. The number of carboxylic acids is 1.